The second kappa shape index (κ2) is 5.44. The number of nitrogens with zero attached hydrogens (tertiary/aromatic N) is 4. The van der Waals surface area contributed by atoms with Crippen LogP contribution < -0.4 is 0 Å². The third-order valence-electron chi connectivity index (χ3n) is 5.14. The number of piperazine rings is 1. The highest BCUT2D eigenvalue weighted by molar-refractivity contribution is 5.80. The van der Waals surface area contributed by atoms with Gasteiger partial charge in [-0.2, -0.15) is 0 Å². The first kappa shape index (κ1) is 13.3. The number of hydrogen-bond acceptors (Lipinski definition) is 3. The van der Waals surface area contributed by atoms with E-state index in [1.165, 1.54) is 19.4 Å². The van der Waals surface area contributed by atoms with Crippen LogP contribution in [0.4, 0.5) is 0 Å². The number of amides is 1. The van der Waals surface area contributed by atoms with Gasteiger partial charge in [0.15, 0.2) is 0 Å². The van der Waals surface area contributed by atoms with Crippen LogP contribution in [0.3, 0.4) is 0 Å². The van der Waals surface area contributed by atoms with Gasteiger partial charge in [-0.05, 0) is 31.6 Å². The number of hydrogen-bond donors (Lipinski definition) is 0. The van der Waals surface area contributed by atoms with Gasteiger partial charge < -0.3 is 9.47 Å². The van der Waals surface area contributed by atoms with Crippen molar-refractivity contribution in [2.75, 3.05) is 32.7 Å². The van der Waals surface area contributed by atoms with Crippen molar-refractivity contribution in [2.24, 2.45) is 5.92 Å². The van der Waals surface area contributed by atoms with Crippen LogP contribution in [-0.4, -0.2) is 58.0 Å². The molecule has 1 saturated heterocycles. The van der Waals surface area contributed by atoms with Crippen LogP contribution in [0, 0.1) is 5.92 Å². The molecule has 1 aromatic heterocycles. The molecule has 5 heteroatoms. The van der Waals surface area contributed by atoms with Crippen molar-refractivity contribution in [3.05, 3.63) is 18.2 Å². The molecule has 0 bridgehead atoms. The Labute approximate surface area is 125 Å². The van der Waals surface area contributed by atoms with Crippen molar-refractivity contribution in [1.82, 2.24) is 19.4 Å². The molecule has 3 heterocycles. The molecule has 1 aliphatic carbocycles. The minimum Gasteiger partial charge on any atom is -0.338 e. The van der Waals surface area contributed by atoms with E-state index in [1.54, 1.807) is 0 Å². The summed E-state index contributed by atoms with van der Waals surface area (Å²) in [4.78, 5) is 21.8. The van der Waals surface area contributed by atoms with Gasteiger partial charge in [0.1, 0.15) is 11.9 Å². The summed E-state index contributed by atoms with van der Waals surface area (Å²) in [7, 11) is 0. The lowest BCUT2D eigenvalue weighted by Crippen LogP contribution is -2.51. The maximum Gasteiger partial charge on any atom is 0.245 e. The molecule has 4 rings (SSSR count). The van der Waals surface area contributed by atoms with E-state index in [-0.39, 0.29) is 6.04 Å². The number of imidazole rings is 1. The van der Waals surface area contributed by atoms with Gasteiger partial charge in [-0.1, -0.05) is 0 Å². The van der Waals surface area contributed by atoms with Crippen molar-refractivity contribution in [2.45, 2.75) is 38.1 Å². The van der Waals surface area contributed by atoms with E-state index < -0.39 is 0 Å². The van der Waals surface area contributed by atoms with E-state index in [2.05, 4.69) is 19.4 Å². The van der Waals surface area contributed by atoms with Crippen molar-refractivity contribution < 1.29 is 4.79 Å². The fourth-order valence-corrected chi connectivity index (χ4v) is 3.68. The van der Waals surface area contributed by atoms with Gasteiger partial charge in [0.25, 0.3) is 0 Å². The highest BCUT2D eigenvalue weighted by Crippen LogP contribution is 2.30. The fraction of sp³-hybridized carbons (Fsp3) is 0.750. The molecular formula is C16H24N4O. The third-order valence-corrected chi connectivity index (χ3v) is 5.14. The Bertz CT molecular complexity index is 514. The van der Waals surface area contributed by atoms with E-state index in [0.717, 1.165) is 57.2 Å². The Morgan fingerprint density at radius 3 is 2.76 bits per heavy atom. The lowest BCUT2D eigenvalue weighted by molar-refractivity contribution is -0.137. The molecule has 2 aliphatic heterocycles. The molecule has 1 atom stereocenters. The Morgan fingerprint density at radius 1 is 1.19 bits per heavy atom. The molecule has 1 amide bonds. The lowest BCUT2D eigenvalue weighted by Gasteiger charge is -2.37. The zero-order valence-electron chi connectivity index (χ0n) is 12.6. The minimum atomic E-state index is -0.00812. The monoisotopic (exact) mass is 288 g/mol. The van der Waals surface area contributed by atoms with Crippen LogP contribution in [0.25, 0.3) is 0 Å². The molecule has 5 nitrogen and oxygen atoms in total. The number of aryl methyl sites for hydroxylation is 1. The number of carbonyl (C=O) groups is 1. The molecule has 1 unspecified atom stereocenters. The maximum atomic E-state index is 12.8. The normalized spacial score (nSPS) is 26.7. The van der Waals surface area contributed by atoms with E-state index >= 15 is 0 Å². The molecule has 3 aliphatic rings. The average molecular weight is 288 g/mol. The summed E-state index contributed by atoms with van der Waals surface area (Å²) in [6.45, 7) is 5.13. The minimum absolute atomic E-state index is 0.00812. The molecule has 21 heavy (non-hydrogen) atoms. The first-order valence-electron chi connectivity index (χ1n) is 8.34. The summed E-state index contributed by atoms with van der Waals surface area (Å²) in [5.74, 6) is 2.33. The van der Waals surface area contributed by atoms with Gasteiger partial charge >= 0.3 is 0 Å². The molecule has 114 valence electrons. The van der Waals surface area contributed by atoms with E-state index in [4.69, 9.17) is 0 Å². The number of aromatic nitrogens is 2. The van der Waals surface area contributed by atoms with E-state index in [1.807, 2.05) is 12.4 Å². The molecule has 1 aromatic rings. The second-order valence-corrected chi connectivity index (χ2v) is 6.73. The summed E-state index contributed by atoms with van der Waals surface area (Å²) >= 11 is 0. The maximum absolute atomic E-state index is 12.8. The van der Waals surface area contributed by atoms with Crippen LogP contribution in [0.2, 0.25) is 0 Å². The fourth-order valence-electron chi connectivity index (χ4n) is 3.68. The SMILES string of the molecule is O=C(C1CCCc2nccn21)N1CCN(CC2CC2)CC1. The summed E-state index contributed by atoms with van der Waals surface area (Å²) in [5.41, 5.74) is 0. The van der Waals surface area contributed by atoms with Crippen LogP contribution in [-0.2, 0) is 11.2 Å². The number of carbonyl (C=O) groups excluding carboxylic acids is 1. The second-order valence-electron chi connectivity index (χ2n) is 6.73. The average Bonchev–Trinajstić information content (AvgIpc) is 3.20. The Morgan fingerprint density at radius 2 is 2.00 bits per heavy atom. The van der Waals surface area contributed by atoms with Gasteiger partial charge in [-0.3, -0.25) is 9.69 Å². The van der Waals surface area contributed by atoms with Gasteiger partial charge in [0.2, 0.25) is 5.91 Å². The van der Waals surface area contributed by atoms with Crippen molar-refractivity contribution in [3.8, 4) is 0 Å². The first-order chi connectivity index (χ1) is 10.3. The Hall–Kier alpha value is -1.36. The van der Waals surface area contributed by atoms with Crippen LogP contribution in [0.15, 0.2) is 12.4 Å². The van der Waals surface area contributed by atoms with Gasteiger partial charge in [0, 0.05) is 51.5 Å². The number of rotatable bonds is 3. The summed E-state index contributed by atoms with van der Waals surface area (Å²) in [6, 6.07) is -0.00812. The summed E-state index contributed by atoms with van der Waals surface area (Å²) in [5, 5.41) is 0. The highest BCUT2D eigenvalue weighted by Gasteiger charge is 2.32. The summed E-state index contributed by atoms with van der Waals surface area (Å²) in [6.07, 6.45) is 9.66. The van der Waals surface area contributed by atoms with Gasteiger partial charge in [-0.25, -0.2) is 4.98 Å². The molecule has 0 radical (unpaired) electrons. The van der Waals surface area contributed by atoms with E-state index in [9.17, 15) is 4.79 Å². The van der Waals surface area contributed by atoms with Crippen LogP contribution in [0.5, 0.6) is 0 Å². The van der Waals surface area contributed by atoms with E-state index in [0.29, 0.717) is 5.91 Å². The highest BCUT2D eigenvalue weighted by atomic mass is 16.2. The topological polar surface area (TPSA) is 41.4 Å². The zero-order chi connectivity index (χ0) is 14.2. The molecule has 2 fully saturated rings. The van der Waals surface area contributed by atoms with Gasteiger partial charge in [0.05, 0.1) is 0 Å². The standard InChI is InChI=1S/C16H24N4O/c21-16(14-2-1-3-15-17-6-7-20(14)15)19-10-8-18(9-11-19)12-13-4-5-13/h6-7,13-14H,1-5,8-12H2. The predicted molar refractivity (Wildman–Crippen MR) is 79.9 cm³/mol. The van der Waals surface area contributed by atoms with Crippen molar-refractivity contribution >= 4 is 5.91 Å². The zero-order valence-corrected chi connectivity index (χ0v) is 12.6. The van der Waals surface area contributed by atoms with Crippen molar-refractivity contribution in [3.63, 3.8) is 0 Å². The predicted octanol–water partition coefficient (Wildman–Crippen LogP) is 1.31. The molecular weight excluding hydrogens is 264 g/mol. The quantitative estimate of drug-likeness (QED) is 0.842. The molecule has 0 spiro atoms. The van der Waals surface area contributed by atoms with Gasteiger partial charge in [-0.15, -0.1) is 0 Å². The molecule has 0 aromatic carbocycles. The van der Waals surface area contributed by atoms with Crippen LogP contribution >= 0.6 is 0 Å². The summed E-state index contributed by atoms with van der Waals surface area (Å²) < 4.78 is 2.10. The molecule has 0 N–H and O–H groups in total. The lowest BCUT2D eigenvalue weighted by atomic mass is 10.0. The smallest absolute Gasteiger partial charge is 0.245 e. The third kappa shape index (κ3) is 2.71. The van der Waals surface area contributed by atoms with Crippen LogP contribution in [0.1, 0.15) is 37.5 Å². The van der Waals surface area contributed by atoms with Crippen molar-refractivity contribution in [1.29, 1.82) is 0 Å². The number of fused-ring (bicyclic) bond motifs is 1. The Kier molecular flexibility index (Phi) is 3.45. The Balaban J connectivity index is 1.38. The first-order valence-corrected chi connectivity index (χ1v) is 8.34. The largest absolute Gasteiger partial charge is 0.338 e. The molecule has 1 saturated carbocycles.